The lowest BCUT2D eigenvalue weighted by molar-refractivity contribution is 0.257. The summed E-state index contributed by atoms with van der Waals surface area (Å²) in [4.78, 5) is 18.1. The quantitative estimate of drug-likeness (QED) is 0.665. The molecule has 0 amide bonds. The topological polar surface area (TPSA) is 62.1 Å². The molecule has 7 heteroatoms. The largest absolute Gasteiger partial charge is 0.369 e. The fraction of sp³-hybridized carbons (Fsp3) is 0.476. The van der Waals surface area contributed by atoms with E-state index in [9.17, 15) is 0 Å². The number of aromatic nitrogens is 4. The summed E-state index contributed by atoms with van der Waals surface area (Å²) in [5.74, 6) is 0.824. The minimum atomic E-state index is 0.824. The first-order valence-electron chi connectivity index (χ1n) is 10.0. The lowest BCUT2D eigenvalue weighted by Crippen LogP contribution is -2.47. The molecule has 0 aliphatic carbocycles. The van der Waals surface area contributed by atoms with E-state index < -0.39 is 0 Å². The number of anilines is 2. The summed E-state index contributed by atoms with van der Waals surface area (Å²) < 4.78 is 1.91. The van der Waals surface area contributed by atoms with Gasteiger partial charge in [-0.25, -0.2) is 15.0 Å². The third-order valence-corrected chi connectivity index (χ3v) is 5.73. The fourth-order valence-electron chi connectivity index (χ4n) is 3.87. The third kappa shape index (κ3) is 3.80. The number of piperazine rings is 1. The van der Waals surface area contributed by atoms with Gasteiger partial charge in [-0.05, 0) is 44.0 Å². The second kappa shape index (κ2) is 8.14. The molecule has 1 aliphatic rings. The van der Waals surface area contributed by atoms with Crippen LogP contribution >= 0.6 is 0 Å². The fourth-order valence-corrected chi connectivity index (χ4v) is 3.87. The molecule has 0 unspecified atom stereocenters. The van der Waals surface area contributed by atoms with E-state index >= 15 is 0 Å². The maximum absolute atomic E-state index is 4.40. The average molecular weight is 380 g/mol. The first kappa shape index (κ1) is 18.7. The van der Waals surface area contributed by atoms with Crippen LogP contribution in [0.5, 0.6) is 0 Å². The molecule has 0 bridgehead atoms. The van der Waals surface area contributed by atoms with E-state index in [0.29, 0.717) is 0 Å². The molecular weight excluding hydrogens is 350 g/mol. The van der Waals surface area contributed by atoms with Crippen molar-refractivity contribution in [3.63, 3.8) is 0 Å². The molecule has 1 saturated heterocycles. The molecule has 1 aromatic carbocycles. The number of aryl methyl sites for hydroxylation is 2. The van der Waals surface area contributed by atoms with E-state index in [4.69, 9.17) is 0 Å². The van der Waals surface area contributed by atoms with Gasteiger partial charge in [-0.2, -0.15) is 0 Å². The highest BCUT2D eigenvalue weighted by molar-refractivity contribution is 5.82. The van der Waals surface area contributed by atoms with E-state index in [-0.39, 0.29) is 0 Å². The minimum absolute atomic E-state index is 0.824. The Labute approximate surface area is 166 Å². The summed E-state index contributed by atoms with van der Waals surface area (Å²) >= 11 is 0. The molecule has 4 rings (SSSR count). The van der Waals surface area contributed by atoms with Crippen LogP contribution in [-0.2, 0) is 7.05 Å². The summed E-state index contributed by atoms with van der Waals surface area (Å²) in [5.41, 5.74) is 5.88. The summed E-state index contributed by atoms with van der Waals surface area (Å²) in [6, 6.07) is 6.61. The van der Waals surface area contributed by atoms with Gasteiger partial charge in [0, 0.05) is 45.5 Å². The van der Waals surface area contributed by atoms with Crippen molar-refractivity contribution in [3.05, 3.63) is 42.0 Å². The van der Waals surface area contributed by atoms with Crippen molar-refractivity contribution < 1.29 is 0 Å². The van der Waals surface area contributed by atoms with Gasteiger partial charge < -0.3 is 14.8 Å². The SMILES string of the molecule is Cc1cccc(N2CCN(CCCNc3ncnc4c3ncn4C)CC2)c1C. The standard InChI is InChI=1S/C21H29N7/c1-16-6-4-7-18(17(16)2)28-12-10-27(11-13-28)9-5-8-22-20-19-21(24-14-23-20)26(3)15-25-19/h4,6-7,14-15H,5,8-13H2,1-3H3,(H,22,23,24). The maximum atomic E-state index is 4.40. The number of nitrogens with one attached hydrogen (secondary N) is 1. The Bertz CT molecular complexity index is 941. The zero-order valence-electron chi connectivity index (χ0n) is 17.0. The minimum Gasteiger partial charge on any atom is -0.369 e. The maximum Gasteiger partial charge on any atom is 0.165 e. The molecule has 0 spiro atoms. The predicted octanol–water partition coefficient (Wildman–Crippen LogP) is 2.60. The predicted molar refractivity (Wildman–Crippen MR) is 114 cm³/mol. The zero-order chi connectivity index (χ0) is 19.5. The molecule has 1 aliphatic heterocycles. The van der Waals surface area contributed by atoms with Gasteiger partial charge in [-0.1, -0.05) is 12.1 Å². The van der Waals surface area contributed by atoms with Crippen LogP contribution < -0.4 is 10.2 Å². The number of nitrogens with zero attached hydrogens (tertiary/aromatic N) is 6. The van der Waals surface area contributed by atoms with Crippen LogP contribution in [0.3, 0.4) is 0 Å². The highest BCUT2D eigenvalue weighted by atomic mass is 15.3. The molecule has 28 heavy (non-hydrogen) atoms. The van der Waals surface area contributed by atoms with Crippen molar-refractivity contribution >= 4 is 22.7 Å². The Morgan fingerprint density at radius 3 is 2.68 bits per heavy atom. The van der Waals surface area contributed by atoms with Gasteiger partial charge in [-0.15, -0.1) is 0 Å². The number of fused-ring (bicyclic) bond motifs is 1. The van der Waals surface area contributed by atoms with Crippen molar-refractivity contribution in [2.75, 3.05) is 49.5 Å². The molecule has 1 N–H and O–H groups in total. The Kier molecular flexibility index (Phi) is 5.43. The number of imidazole rings is 1. The number of rotatable bonds is 6. The molecule has 148 valence electrons. The summed E-state index contributed by atoms with van der Waals surface area (Å²) in [6.07, 6.45) is 4.46. The molecule has 2 aromatic heterocycles. The van der Waals surface area contributed by atoms with Gasteiger partial charge in [-0.3, -0.25) is 4.90 Å². The normalized spacial score (nSPS) is 15.3. The number of hydrogen-bond acceptors (Lipinski definition) is 6. The molecule has 1 fully saturated rings. The Morgan fingerprint density at radius 1 is 1.04 bits per heavy atom. The Balaban J connectivity index is 1.24. The van der Waals surface area contributed by atoms with Crippen LogP contribution in [0.25, 0.3) is 11.2 Å². The van der Waals surface area contributed by atoms with Gasteiger partial charge in [0.15, 0.2) is 11.5 Å². The average Bonchev–Trinajstić information content (AvgIpc) is 3.10. The van der Waals surface area contributed by atoms with Crippen molar-refractivity contribution in [2.45, 2.75) is 20.3 Å². The van der Waals surface area contributed by atoms with E-state index in [1.807, 2.05) is 11.6 Å². The second-order valence-electron chi connectivity index (χ2n) is 7.58. The third-order valence-electron chi connectivity index (χ3n) is 5.73. The lowest BCUT2D eigenvalue weighted by Gasteiger charge is -2.37. The van der Waals surface area contributed by atoms with Crippen LogP contribution in [0.15, 0.2) is 30.9 Å². The van der Waals surface area contributed by atoms with E-state index in [1.54, 1.807) is 12.7 Å². The molecule has 7 nitrogen and oxygen atoms in total. The van der Waals surface area contributed by atoms with Gasteiger partial charge in [0.25, 0.3) is 0 Å². The van der Waals surface area contributed by atoms with Crippen molar-refractivity contribution in [1.82, 2.24) is 24.4 Å². The summed E-state index contributed by atoms with van der Waals surface area (Å²) in [5, 5.41) is 3.42. The monoisotopic (exact) mass is 379 g/mol. The van der Waals surface area contributed by atoms with Crippen molar-refractivity contribution in [3.8, 4) is 0 Å². The summed E-state index contributed by atoms with van der Waals surface area (Å²) in [6.45, 7) is 10.8. The van der Waals surface area contributed by atoms with Gasteiger partial charge in [0.1, 0.15) is 11.8 Å². The van der Waals surface area contributed by atoms with Crippen molar-refractivity contribution in [1.29, 1.82) is 0 Å². The van der Waals surface area contributed by atoms with E-state index in [0.717, 1.165) is 62.7 Å². The number of benzene rings is 1. The van der Waals surface area contributed by atoms with E-state index in [1.165, 1.54) is 16.8 Å². The molecule has 0 saturated carbocycles. The number of hydrogen-bond donors (Lipinski definition) is 1. The van der Waals surface area contributed by atoms with Gasteiger partial charge in [0.2, 0.25) is 0 Å². The molecule has 3 heterocycles. The second-order valence-corrected chi connectivity index (χ2v) is 7.58. The van der Waals surface area contributed by atoms with E-state index in [2.05, 4.69) is 62.1 Å². The molecular formula is C21H29N7. The van der Waals surface area contributed by atoms with Crippen molar-refractivity contribution in [2.24, 2.45) is 7.05 Å². The highest BCUT2D eigenvalue weighted by Crippen LogP contribution is 2.24. The van der Waals surface area contributed by atoms with Crippen LogP contribution in [0.2, 0.25) is 0 Å². The van der Waals surface area contributed by atoms with Gasteiger partial charge >= 0.3 is 0 Å². The Hall–Kier alpha value is -2.67. The smallest absolute Gasteiger partial charge is 0.165 e. The lowest BCUT2D eigenvalue weighted by atomic mass is 10.1. The highest BCUT2D eigenvalue weighted by Gasteiger charge is 2.18. The van der Waals surface area contributed by atoms with Gasteiger partial charge in [0.05, 0.1) is 6.33 Å². The van der Waals surface area contributed by atoms with Crippen LogP contribution in [0, 0.1) is 13.8 Å². The molecule has 0 radical (unpaired) electrons. The first-order chi connectivity index (χ1) is 13.6. The molecule has 3 aromatic rings. The zero-order valence-corrected chi connectivity index (χ0v) is 17.0. The summed E-state index contributed by atoms with van der Waals surface area (Å²) in [7, 11) is 1.95. The molecule has 0 atom stereocenters. The van der Waals surface area contributed by atoms with Crippen LogP contribution in [-0.4, -0.2) is 63.7 Å². The Morgan fingerprint density at radius 2 is 1.86 bits per heavy atom. The first-order valence-corrected chi connectivity index (χ1v) is 10.0. The van der Waals surface area contributed by atoms with Crippen LogP contribution in [0.4, 0.5) is 11.5 Å². The van der Waals surface area contributed by atoms with Crippen LogP contribution in [0.1, 0.15) is 17.5 Å².